The lowest BCUT2D eigenvalue weighted by molar-refractivity contribution is 0.0994. The second-order valence-corrected chi connectivity index (χ2v) is 8.35. The summed E-state index contributed by atoms with van der Waals surface area (Å²) in [4.78, 5) is 13.8. The van der Waals surface area contributed by atoms with Crippen molar-refractivity contribution >= 4 is 28.5 Å². The molecule has 1 aromatic carbocycles. The predicted molar refractivity (Wildman–Crippen MR) is 114 cm³/mol. The van der Waals surface area contributed by atoms with Crippen molar-refractivity contribution in [3.63, 3.8) is 0 Å². The summed E-state index contributed by atoms with van der Waals surface area (Å²) < 4.78 is 8.06. The van der Waals surface area contributed by atoms with E-state index in [9.17, 15) is 0 Å². The van der Waals surface area contributed by atoms with Crippen LogP contribution in [0.15, 0.2) is 48.8 Å². The lowest BCUT2D eigenvalue weighted by Crippen LogP contribution is -2.43. The van der Waals surface area contributed by atoms with E-state index in [0.717, 1.165) is 61.2 Å². The molecule has 0 amide bonds. The Labute approximate surface area is 175 Å². The van der Waals surface area contributed by atoms with Crippen molar-refractivity contribution in [2.45, 2.75) is 43.7 Å². The summed E-state index contributed by atoms with van der Waals surface area (Å²) in [6.07, 6.45) is 7.48. The monoisotopic (exact) mass is 409 g/mol. The summed E-state index contributed by atoms with van der Waals surface area (Å²) in [7, 11) is 0. The van der Waals surface area contributed by atoms with Crippen LogP contribution >= 0.6 is 11.8 Å². The highest BCUT2D eigenvalue weighted by molar-refractivity contribution is 6.13. The van der Waals surface area contributed by atoms with E-state index >= 15 is 0 Å². The lowest BCUT2D eigenvalue weighted by Gasteiger charge is -2.36. The van der Waals surface area contributed by atoms with Gasteiger partial charge >= 0.3 is 0 Å². The van der Waals surface area contributed by atoms with Crippen LogP contribution < -0.4 is 10.1 Å². The van der Waals surface area contributed by atoms with E-state index in [-0.39, 0.29) is 6.10 Å². The van der Waals surface area contributed by atoms with Gasteiger partial charge in [0.25, 0.3) is 0 Å². The molecule has 1 aliphatic heterocycles. The van der Waals surface area contributed by atoms with Crippen molar-refractivity contribution in [1.29, 1.82) is 0 Å². The van der Waals surface area contributed by atoms with Crippen molar-refractivity contribution < 1.29 is 4.74 Å². The van der Waals surface area contributed by atoms with Crippen LogP contribution in [0.2, 0.25) is 0 Å². The summed E-state index contributed by atoms with van der Waals surface area (Å²) in [6.45, 7) is 1.74. The normalized spacial score (nSPS) is 22.9. The number of fused-ring (bicyclic) bond motifs is 1. The Kier molecular flexibility index (Phi) is 5.21. The van der Waals surface area contributed by atoms with Crippen LogP contribution in [0.4, 0.5) is 5.82 Å². The molecule has 2 aromatic heterocycles. The first-order valence-corrected chi connectivity index (χ1v) is 10.6. The van der Waals surface area contributed by atoms with E-state index in [2.05, 4.69) is 27.4 Å². The maximum Gasteiger partial charge on any atom is 0.236 e. The number of hydrogen-bond acceptors (Lipinski definition) is 6. The van der Waals surface area contributed by atoms with E-state index in [1.807, 2.05) is 28.7 Å². The average Bonchev–Trinajstić information content (AvgIpc) is 2.73. The van der Waals surface area contributed by atoms with E-state index in [1.165, 1.54) is 0 Å². The van der Waals surface area contributed by atoms with Gasteiger partial charge in [-0.3, -0.25) is 4.98 Å². The van der Waals surface area contributed by atoms with Gasteiger partial charge in [-0.05, 0) is 42.8 Å². The summed E-state index contributed by atoms with van der Waals surface area (Å²) in [5.41, 5.74) is 1.99. The number of piperidine rings is 1. The third-order valence-electron chi connectivity index (χ3n) is 5.84. The fourth-order valence-electron chi connectivity index (χ4n) is 4.12. The largest absolute Gasteiger partial charge is 0.473 e. The predicted octanol–water partition coefficient (Wildman–Crippen LogP) is 4.38. The fourth-order valence-corrected chi connectivity index (χ4v) is 4.32. The summed E-state index contributed by atoms with van der Waals surface area (Å²) in [5, 5.41) is 4.68. The van der Waals surface area contributed by atoms with Crippen LogP contribution in [0.5, 0.6) is 5.88 Å². The molecule has 0 atom stereocenters. The quantitative estimate of drug-likeness (QED) is 0.631. The molecular weight excluding hydrogens is 386 g/mol. The van der Waals surface area contributed by atoms with Crippen LogP contribution in [-0.2, 0) is 0 Å². The smallest absolute Gasteiger partial charge is 0.236 e. The SMILES string of the molecule is ClN1CCC(c2nccnc2O[C@H]2C[C@@H](Nc3ccc4ccccc4n3)C2)CC1. The minimum Gasteiger partial charge on any atom is -0.473 e. The third kappa shape index (κ3) is 4.14. The zero-order valence-electron chi connectivity index (χ0n) is 16.2. The number of nitrogens with zero attached hydrogens (tertiary/aromatic N) is 4. The van der Waals surface area contributed by atoms with Gasteiger partial charge in [0.15, 0.2) is 0 Å². The van der Waals surface area contributed by atoms with Gasteiger partial charge in [-0.2, -0.15) is 0 Å². The molecule has 5 rings (SSSR count). The number of halogens is 1. The Morgan fingerprint density at radius 2 is 1.79 bits per heavy atom. The van der Waals surface area contributed by atoms with Gasteiger partial charge in [0.05, 0.1) is 5.52 Å². The molecule has 0 spiro atoms. The van der Waals surface area contributed by atoms with E-state index in [1.54, 1.807) is 12.4 Å². The molecule has 3 heterocycles. The molecule has 29 heavy (non-hydrogen) atoms. The molecule has 0 unspecified atom stereocenters. The molecule has 1 saturated heterocycles. The number of para-hydroxylation sites is 1. The highest BCUT2D eigenvalue weighted by atomic mass is 35.5. The number of benzene rings is 1. The number of aromatic nitrogens is 3. The summed E-state index contributed by atoms with van der Waals surface area (Å²) in [5.74, 6) is 1.97. The van der Waals surface area contributed by atoms with Crippen LogP contribution in [0.3, 0.4) is 0 Å². The molecule has 2 fully saturated rings. The molecule has 150 valence electrons. The number of hydrogen-bond donors (Lipinski definition) is 1. The van der Waals surface area contributed by atoms with Gasteiger partial charge in [0.1, 0.15) is 17.6 Å². The van der Waals surface area contributed by atoms with Crippen LogP contribution in [-0.4, -0.2) is 44.6 Å². The Morgan fingerprint density at radius 3 is 2.66 bits per heavy atom. The second kappa shape index (κ2) is 8.13. The molecule has 2 aliphatic rings. The first kappa shape index (κ1) is 18.6. The highest BCUT2D eigenvalue weighted by Gasteiger charge is 2.33. The number of nitrogens with one attached hydrogen (secondary N) is 1. The van der Waals surface area contributed by atoms with E-state index < -0.39 is 0 Å². The van der Waals surface area contributed by atoms with Gasteiger partial charge in [-0.1, -0.05) is 18.2 Å². The molecule has 7 heteroatoms. The maximum absolute atomic E-state index is 6.22. The molecule has 1 N–H and O–H groups in total. The first-order chi connectivity index (χ1) is 14.2. The van der Waals surface area contributed by atoms with Gasteiger partial charge in [-0.25, -0.2) is 14.4 Å². The zero-order chi connectivity index (χ0) is 19.6. The van der Waals surface area contributed by atoms with Gasteiger partial charge in [0, 0.05) is 55.7 Å². The lowest BCUT2D eigenvalue weighted by atomic mass is 9.89. The Balaban J connectivity index is 1.19. The van der Waals surface area contributed by atoms with Crippen molar-refractivity contribution in [3.8, 4) is 5.88 Å². The molecule has 1 saturated carbocycles. The second-order valence-electron chi connectivity index (χ2n) is 7.87. The van der Waals surface area contributed by atoms with Crippen molar-refractivity contribution in [2.24, 2.45) is 0 Å². The van der Waals surface area contributed by atoms with Crippen molar-refractivity contribution in [1.82, 2.24) is 19.4 Å². The van der Waals surface area contributed by atoms with Crippen LogP contribution in [0.25, 0.3) is 10.9 Å². The Bertz CT molecular complexity index is 986. The maximum atomic E-state index is 6.22. The minimum absolute atomic E-state index is 0.163. The number of anilines is 1. The summed E-state index contributed by atoms with van der Waals surface area (Å²) in [6, 6.07) is 12.7. The van der Waals surface area contributed by atoms with Crippen molar-refractivity contribution in [3.05, 3.63) is 54.5 Å². The number of pyridine rings is 1. The molecule has 1 aliphatic carbocycles. The Morgan fingerprint density at radius 1 is 1.00 bits per heavy atom. The number of rotatable bonds is 5. The van der Waals surface area contributed by atoms with Gasteiger partial charge in [0.2, 0.25) is 5.88 Å². The third-order valence-corrected chi connectivity index (χ3v) is 6.18. The van der Waals surface area contributed by atoms with Gasteiger partial charge < -0.3 is 10.1 Å². The average molecular weight is 410 g/mol. The molecular formula is C22H24ClN5O. The standard InChI is InChI=1S/C22H24ClN5O/c23-28-11-7-16(8-12-28)21-22(25-10-9-24-21)29-18-13-17(14-18)26-20-6-5-15-3-1-2-4-19(15)27-20/h1-6,9-10,16-18H,7-8,11-14H2,(H,26,27)/t17-,18+. The minimum atomic E-state index is 0.163. The van der Waals surface area contributed by atoms with Crippen molar-refractivity contribution in [2.75, 3.05) is 18.4 Å². The zero-order valence-corrected chi connectivity index (χ0v) is 16.9. The van der Waals surface area contributed by atoms with Crippen LogP contribution in [0.1, 0.15) is 37.3 Å². The highest BCUT2D eigenvalue weighted by Crippen LogP contribution is 2.34. The number of ether oxygens (including phenoxy) is 1. The fraction of sp³-hybridized carbons (Fsp3) is 0.409. The van der Waals surface area contributed by atoms with E-state index in [0.29, 0.717) is 17.8 Å². The van der Waals surface area contributed by atoms with Gasteiger partial charge in [-0.15, -0.1) is 0 Å². The molecule has 0 radical (unpaired) electrons. The van der Waals surface area contributed by atoms with E-state index in [4.69, 9.17) is 21.5 Å². The molecule has 3 aromatic rings. The van der Waals surface area contributed by atoms with Crippen LogP contribution in [0, 0.1) is 0 Å². The Hall–Kier alpha value is -2.44. The molecule has 0 bridgehead atoms. The first-order valence-electron chi connectivity index (χ1n) is 10.3. The topological polar surface area (TPSA) is 63.2 Å². The molecule has 6 nitrogen and oxygen atoms in total. The summed E-state index contributed by atoms with van der Waals surface area (Å²) >= 11 is 6.09.